The lowest BCUT2D eigenvalue weighted by Crippen LogP contribution is -2.41. The average molecular weight is 351 g/mol. The van der Waals surface area contributed by atoms with Gasteiger partial charge in [-0.15, -0.1) is 0 Å². The van der Waals surface area contributed by atoms with Crippen molar-refractivity contribution in [3.8, 4) is 5.75 Å². The van der Waals surface area contributed by atoms with Gasteiger partial charge in [0, 0.05) is 0 Å². The van der Waals surface area contributed by atoms with Gasteiger partial charge in [-0.05, 0) is 37.1 Å². The predicted octanol–water partition coefficient (Wildman–Crippen LogP) is 3.15. The van der Waals surface area contributed by atoms with Crippen molar-refractivity contribution in [2.75, 3.05) is 6.61 Å². The molecule has 0 bridgehead atoms. The van der Waals surface area contributed by atoms with Crippen LogP contribution < -0.4 is 4.74 Å². The van der Waals surface area contributed by atoms with Crippen LogP contribution in [0.1, 0.15) is 25.8 Å². The van der Waals surface area contributed by atoms with E-state index in [1.54, 1.807) is 6.08 Å². The minimum Gasteiger partial charge on any atom is -0.494 e. The Balaban J connectivity index is 2.15. The molecule has 1 heterocycles. The molecule has 2 rings (SSSR count). The fraction of sp³-hybridized carbons (Fsp3) is 0.312. The molecular weight excluding hydrogens is 334 g/mol. The number of hydrogen-bond donors (Lipinski definition) is 1. The highest BCUT2D eigenvalue weighted by Gasteiger charge is 2.38. The van der Waals surface area contributed by atoms with Crippen molar-refractivity contribution in [2.24, 2.45) is 0 Å². The summed E-state index contributed by atoms with van der Waals surface area (Å²) in [6.07, 6.45) is 2.64. The van der Waals surface area contributed by atoms with Gasteiger partial charge in [0.15, 0.2) is 0 Å². The summed E-state index contributed by atoms with van der Waals surface area (Å²) in [6, 6.07) is 6.39. The zero-order valence-corrected chi connectivity index (χ0v) is 14.4. The maximum absolute atomic E-state index is 12.3. The van der Waals surface area contributed by atoms with Crippen LogP contribution in [0, 0.1) is 0 Å². The molecule has 1 fully saturated rings. The Kier molecular flexibility index (Phi) is 5.79. The van der Waals surface area contributed by atoms with Crippen molar-refractivity contribution in [2.45, 2.75) is 26.3 Å². The first-order valence-electron chi connectivity index (χ1n) is 7.16. The first kappa shape index (κ1) is 17.5. The summed E-state index contributed by atoms with van der Waals surface area (Å²) in [5.41, 5.74) is 0.831. The Hall–Kier alpha value is -1.86. The third kappa shape index (κ3) is 4.11. The molecule has 0 spiro atoms. The van der Waals surface area contributed by atoms with Crippen molar-refractivity contribution in [3.05, 3.63) is 34.7 Å². The highest BCUT2D eigenvalue weighted by Crippen LogP contribution is 2.34. The second-order valence-electron chi connectivity index (χ2n) is 4.98. The van der Waals surface area contributed by atoms with Crippen molar-refractivity contribution in [1.29, 1.82) is 0 Å². The fourth-order valence-electron chi connectivity index (χ4n) is 1.96. The van der Waals surface area contributed by atoms with Crippen LogP contribution in [0.25, 0.3) is 6.08 Å². The zero-order valence-electron chi connectivity index (χ0n) is 12.8. The second-order valence-corrected chi connectivity index (χ2v) is 6.66. The largest absolute Gasteiger partial charge is 0.494 e. The Morgan fingerprint density at radius 2 is 2.09 bits per heavy atom. The lowest BCUT2D eigenvalue weighted by Gasteiger charge is -2.18. The molecule has 1 N–H and O–H groups in total. The molecule has 1 aliphatic heterocycles. The van der Waals surface area contributed by atoms with E-state index in [-0.39, 0.29) is 10.2 Å². The molecule has 1 aliphatic rings. The SMILES string of the molecule is CCCOc1ccc(/C=C2\SC(=S)N([C@H](C)C(=O)O)C2=O)cc1. The number of rotatable bonds is 6. The van der Waals surface area contributed by atoms with E-state index in [0.29, 0.717) is 11.5 Å². The van der Waals surface area contributed by atoms with Gasteiger partial charge in [-0.25, -0.2) is 4.79 Å². The zero-order chi connectivity index (χ0) is 17.0. The van der Waals surface area contributed by atoms with Gasteiger partial charge in [-0.1, -0.05) is 43.0 Å². The molecule has 0 saturated carbocycles. The maximum Gasteiger partial charge on any atom is 0.326 e. The number of thiocarbonyl (C=S) groups is 1. The predicted molar refractivity (Wildman–Crippen MR) is 94.3 cm³/mol. The number of amides is 1. The standard InChI is InChI=1S/C16H17NO4S2/c1-3-8-21-12-6-4-11(5-7-12)9-13-14(18)17(16(22)23-13)10(2)15(19)20/h4-7,9-10H,3,8H2,1-2H3,(H,19,20)/b13-9-/t10-/m1/s1. The average Bonchev–Trinajstić information content (AvgIpc) is 2.80. The quantitative estimate of drug-likeness (QED) is 0.627. The lowest BCUT2D eigenvalue weighted by molar-refractivity contribution is -0.144. The maximum atomic E-state index is 12.3. The molecule has 0 radical (unpaired) electrons. The number of nitrogens with zero attached hydrogens (tertiary/aromatic N) is 1. The van der Waals surface area contributed by atoms with Gasteiger partial charge in [0.05, 0.1) is 11.5 Å². The van der Waals surface area contributed by atoms with Crippen LogP contribution in [-0.2, 0) is 9.59 Å². The van der Waals surface area contributed by atoms with Crippen LogP contribution in [0.2, 0.25) is 0 Å². The highest BCUT2D eigenvalue weighted by molar-refractivity contribution is 8.26. The van der Waals surface area contributed by atoms with E-state index in [4.69, 9.17) is 22.1 Å². The summed E-state index contributed by atoms with van der Waals surface area (Å²) in [5.74, 6) is -0.683. The Morgan fingerprint density at radius 1 is 1.43 bits per heavy atom. The smallest absolute Gasteiger partial charge is 0.326 e. The van der Waals surface area contributed by atoms with E-state index in [1.807, 2.05) is 31.2 Å². The van der Waals surface area contributed by atoms with E-state index in [0.717, 1.165) is 34.4 Å². The van der Waals surface area contributed by atoms with Crippen LogP contribution in [0.4, 0.5) is 0 Å². The molecule has 7 heteroatoms. The molecule has 1 aromatic carbocycles. The van der Waals surface area contributed by atoms with Gasteiger partial charge in [0.25, 0.3) is 5.91 Å². The van der Waals surface area contributed by atoms with Crippen LogP contribution in [-0.4, -0.2) is 38.9 Å². The molecule has 1 atom stereocenters. The molecule has 23 heavy (non-hydrogen) atoms. The van der Waals surface area contributed by atoms with E-state index in [2.05, 4.69) is 0 Å². The monoisotopic (exact) mass is 351 g/mol. The summed E-state index contributed by atoms with van der Waals surface area (Å²) in [5, 5.41) is 9.06. The third-order valence-electron chi connectivity index (χ3n) is 3.22. The molecule has 0 unspecified atom stereocenters. The first-order chi connectivity index (χ1) is 10.9. The normalized spacial score (nSPS) is 17.7. The van der Waals surface area contributed by atoms with Crippen LogP contribution in [0.3, 0.4) is 0 Å². The molecular formula is C16H17NO4S2. The molecule has 5 nitrogen and oxygen atoms in total. The van der Waals surface area contributed by atoms with Gasteiger partial charge >= 0.3 is 5.97 Å². The van der Waals surface area contributed by atoms with Crippen molar-refractivity contribution < 1.29 is 19.4 Å². The van der Waals surface area contributed by atoms with Gasteiger partial charge < -0.3 is 9.84 Å². The van der Waals surface area contributed by atoms with Gasteiger partial charge in [-0.3, -0.25) is 9.69 Å². The topological polar surface area (TPSA) is 66.8 Å². The van der Waals surface area contributed by atoms with E-state index >= 15 is 0 Å². The van der Waals surface area contributed by atoms with E-state index in [9.17, 15) is 9.59 Å². The Labute approximate surface area is 144 Å². The number of carboxylic acids is 1. The molecule has 1 aromatic rings. The summed E-state index contributed by atoms with van der Waals surface area (Å²) in [6.45, 7) is 4.13. The number of thioether (sulfide) groups is 1. The van der Waals surface area contributed by atoms with Crippen LogP contribution in [0.15, 0.2) is 29.2 Å². The number of carbonyl (C=O) groups excluding carboxylic acids is 1. The molecule has 0 aliphatic carbocycles. The minimum absolute atomic E-state index is 0.263. The first-order valence-corrected chi connectivity index (χ1v) is 8.39. The number of aliphatic carboxylic acids is 1. The van der Waals surface area contributed by atoms with Crippen LogP contribution in [0.5, 0.6) is 5.75 Å². The highest BCUT2D eigenvalue weighted by atomic mass is 32.2. The van der Waals surface area contributed by atoms with Gasteiger partial charge in [0.1, 0.15) is 16.1 Å². The van der Waals surface area contributed by atoms with E-state index in [1.165, 1.54) is 6.92 Å². The molecule has 0 aromatic heterocycles. The van der Waals surface area contributed by atoms with Crippen molar-refractivity contribution in [1.82, 2.24) is 4.90 Å². The fourth-order valence-corrected chi connectivity index (χ4v) is 3.37. The van der Waals surface area contributed by atoms with Crippen molar-refractivity contribution in [3.63, 3.8) is 0 Å². The molecule has 1 amide bonds. The number of benzene rings is 1. The number of carbonyl (C=O) groups is 2. The Bertz CT molecular complexity index is 655. The number of carboxylic acid groups (broad SMARTS) is 1. The summed E-state index contributed by atoms with van der Waals surface area (Å²) in [4.78, 5) is 25.0. The summed E-state index contributed by atoms with van der Waals surface area (Å²) >= 11 is 6.23. The van der Waals surface area contributed by atoms with Gasteiger partial charge in [-0.2, -0.15) is 0 Å². The Morgan fingerprint density at radius 3 is 2.65 bits per heavy atom. The molecule has 1 saturated heterocycles. The summed E-state index contributed by atoms with van der Waals surface area (Å²) in [7, 11) is 0. The van der Waals surface area contributed by atoms with E-state index < -0.39 is 12.0 Å². The third-order valence-corrected chi connectivity index (χ3v) is 4.55. The van der Waals surface area contributed by atoms with Crippen LogP contribution >= 0.6 is 24.0 Å². The number of hydrogen-bond acceptors (Lipinski definition) is 5. The van der Waals surface area contributed by atoms with Crippen molar-refractivity contribution >= 4 is 46.3 Å². The number of ether oxygens (including phenoxy) is 1. The molecule has 122 valence electrons. The second kappa shape index (κ2) is 7.61. The minimum atomic E-state index is -1.08. The lowest BCUT2D eigenvalue weighted by atomic mass is 10.2. The van der Waals surface area contributed by atoms with Gasteiger partial charge in [0.2, 0.25) is 0 Å². The summed E-state index contributed by atoms with van der Waals surface area (Å²) < 4.78 is 5.77.